The van der Waals surface area contributed by atoms with Gasteiger partial charge in [-0.15, -0.1) is 0 Å². The number of amides is 2. The molecular weight excluding hydrogens is 236 g/mol. The van der Waals surface area contributed by atoms with Crippen molar-refractivity contribution in [3.05, 3.63) is 28.4 Å². The molecule has 2 rings (SSSR count). The summed E-state index contributed by atoms with van der Waals surface area (Å²) in [5, 5.41) is 0. The number of nitrogens with one attached hydrogen (secondary N) is 1. The molecule has 1 aliphatic rings. The van der Waals surface area contributed by atoms with Gasteiger partial charge in [-0.25, -0.2) is 4.98 Å². The molecule has 7 heteroatoms. The minimum absolute atomic E-state index is 0.0178. The van der Waals surface area contributed by atoms with E-state index in [1.807, 2.05) is 0 Å². The maximum atomic E-state index is 12.0. The van der Waals surface area contributed by atoms with Crippen LogP contribution in [0, 0.1) is 0 Å². The van der Waals surface area contributed by atoms with Crippen LogP contribution in [0.3, 0.4) is 0 Å². The lowest BCUT2D eigenvalue weighted by atomic mass is 10.3. The fourth-order valence-corrected chi connectivity index (χ4v) is 1.85. The molecule has 1 aromatic rings. The summed E-state index contributed by atoms with van der Waals surface area (Å²) < 4.78 is 0. The highest BCUT2D eigenvalue weighted by atomic mass is 16.2. The summed E-state index contributed by atoms with van der Waals surface area (Å²) in [5.41, 5.74) is -0.126. The van der Waals surface area contributed by atoms with Crippen LogP contribution in [0.4, 0.5) is 0 Å². The van der Waals surface area contributed by atoms with Gasteiger partial charge in [0.1, 0.15) is 5.69 Å². The number of rotatable bonds is 1. The van der Waals surface area contributed by atoms with Gasteiger partial charge in [0, 0.05) is 39.3 Å². The molecule has 1 aliphatic heterocycles. The highest BCUT2D eigenvalue weighted by Crippen LogP contribution is 2.05. The lowest BCUT2D eigenvalue weighted by molar-refractivity contribution is -0.130. The van der Waals surface area contributed by atoms with Gasteiger partial charge >= 0.3 is 0 Å². The molecule has 0 bridgehead atoms. The Morgan fingerprint density at radius 1 is 1.22 bits per heavy atom. The number of hydrogen-bond donors (Lipinski definition) is 1. The zero-order valence-electron chi connectivity index (χ0n) is 10.0. The third-order valence-corrected chi connectivity index (χ3v) is 2.90. The molecule has 18 heavy (non-hydrogen) atoms. The van der Waals surface area contributed by atoms with E-state index in [4.69, 9.17) is 0 Å². The Hall–Kier alpha value is -2.18. The Morgan fingerprint density at radius 2 is 1.83 bits per heavy atom. The van der Waals surface area contributed by atoms with Gasteiger partial charge in [0.2, 0.25) is 5.91 Å². The van der Waals surface area contributed by atoms with Crippen molar-refractivity contribution in [2.24, 2.45) is 0 Å². The number of nitrogens with zero attached hydrogens (tertiary/aromatic N) is 3. The predicted molar refractivity (Wildman–Crippen MR) is 63.0 cm³/mol. The minimum atomic E-state index is -0.340. The van der Waals surface area contributed by atoms with Gasteiger partial charge in [-0.05, 0) is 0 Å². The third-order valence-electron chi connectivity index (χ3n) is 2.90. The van der Waals surface area contributed by atoms with Crippen molar-refractivity contribution in [1.82, 2.24) is 19.8 Å². The van der Waals surface area contributed by atoms with E-state index in [0.717, 1.165) is 6.20 Å². The molecule has 0 atom stereocenters. The van der Waals surface area contributed by atoms with Crippen LogP contribution in [0.2, 0.25) is 0 Å². The lowest BCUT2D eigenvalue weighted by Crippen LogP contribution is -2.50. The van der Waals surface area contributed by atoms with Gasteiger partial charge in [-0.1, -0.05) is 0 Å². The van der Waals surface area contributed by atoms with Crippen LogP contribution in [0.5, 0.6) is 0 Å². The minimum Gasteiger partial charge on any atom is -0.339 e. The van der Waals surface area contributed by atoms with Crippen LogP contribution >= 0.6 is 0 Å². The van der Waals surface area contributed by atoms with Gasteiger partial charge in [-0.3, -0.25) is 14.4 Å². The van der Waals surface area contributed by atoms with E-state index in [1.165, 1.54) is 13.1 Å². The van der Waals surface area contributed by atoms with E-state index < -0.39 is 0 Å². The second kappa shape index (κ2) is 4.99. The van der Waals surface area contributed by atoms with E-state index in [9.17, 15) is 14.4 Å². The highest BCUT2D eigenvalue weighted by Gasteiger charge is 2.23. The molecule has 1 saturated heterocycles. The summed E-state index contributed by atoms with van der Waals surface area (Å²) in [7, 11) is 0. The van der Waals surface area contributed by atoms with Crippen LogP contribution in [-0.4, -0.2) is 57.8 Å². The van der Waals surface area contributed by atoms with E-state index >= 15 is 0 Å². The third kappa shape index (κ3) is 2.55. The number of hydrogen-bond acceptors (Lipinski definition) is 4. The van der Waals surface area contributed by atoms with Gasteiger partial charge < -0.3 is 14.8 Å². The summed E-state index contributed by atoms with van der Waals surface area (Å²) in [6.07, 6.45) is 2.39. The van der Waals surface area contributed by atoms with Crippen molar-refractivity contribution in [3.63, 3.8) is 0 Å². The number of H-pyrrole nitrogens is 1. The molecule has 7 nitrogen and oxygen atoms in total. The van der Waals surface area contributed by atoms with Crippen molar-refractivity contribution in [2.45, 2.75) is 6.92 Å². The second-order valence-electron chi connectivity index (χ2n) is 4.09. The van der Waals surface area contributed by atoms with Crippen LogP contribution in [0.25, 0.3) is 0 Å². The van der Waals surface area contributed by atoms with E-state index in [0.29, 0.717) is 26.2 Å². The van der Waals surface area contributed by atoms with Crippen LogP contribution < -0.4 is 5.56 Å². The Balaban J connectivity index is 2.01. The molecule has 0 spiro atoms. The number of piperazine rings is 1. The van der Waals surface area contributed by atoms with Crippen molar-refractivity contribution < 1.29 is 9.59 Å². The van der Waals surface area contributed by atoms with Crippen LogP contribution in [-0.2, 0) is 4.79 Å². The monoisotopic (exact) mass is 250 g/mol. The summed E-state index contributed by atoms with van der Waals surface area (Å²) >= 11 is 0. The molecule has 0 radical (unpaired) electrons. The zero-order valence-corrected chi connectivity index (χ0v) is 10.0. The molecule has 1 aromatic heterocycles. The number of carbonyl (C=O) groups excluding carboxylic acids is 2. The number of aromatic nitrogens is 2. The molecule has 0 aromatic carbocycles. The molecule has 1 fully saturated rings. The van der Waals surface area contributed by atoms with E-state index in [1.54, 1.807) is 9.80 Å². The topological polar surface area (TPSA) is 86.4 Å². The first-order chi connectivity index (χ1) is 8.58. The molecular formula is C11H14N4O3. The fourth-order valence-electron chi connectivity index (χ4n) is 1.85. The van der Waals surface area contributed by atoms with Gasteiger partial charge in [0.25, 0.3) is 11.5 Å². The Morgan fingerprint density at radius 3 is 2.33 bits per heavy atom. The number of aromatic amines is 1. The van der Waals surface area contributed by atoms with E-state index in [2.05, 4.69) is 9.97 Å². The van der Waals surface area contributed by atoms with Crippen LogP contribution in [0.1, 0.15) is 17.4 Å². The van der Waals surface area contributed by atoms with Gasteiger partial charge in [0.05, 0.1) is 6.20 Å². The maximum absolute atomic E-state index is 12.0. The SMILES string of the molecule is CC(=O)N1CCN(C(=O)c2c[nH]c(=O)cn2)CC1. The largest absolute Gasteiger partial charge is 0.339 e. The molecule has 0 saturated carbocycles. The van der Waals surface area contributed by atoms with Crippen molar-refractivity contribution in [1.29, 1.82) is 0 Å². The Bertz CT molecular complexity index is 497. The summed E-state index contributed by atoms with van der Waals surface area (Å²) in [4.78, 5) is 43.6. The molecule has 1 N–H and O–H groups in total. The summed E-state index contributed by atoms with van der Waals surface area (Å²) in [5.74, 6) is -0.210. The smallest absolute Gasteiger partial charge is 0.274 e. The maximum Gasteiger partial charge on any atom is 0.274 e. The lowest BCUT2D eigenvalue weighted by Gasteiger charge is -2.33. The fraction of sp³-hybridized carbons (Fsp3) is 0.455. The second-order valence-corrected chi connectivity index (χ2v) is 4.09. The average Bonchev–Trinajstić information content (AvgIpc) is 2.39. The standard InChI is InChI=1S/C11H14N4O3/c1-8(16)14-2-4-15(5-3-14)11(18)9-6-13-10(17)7-12-9/h6-7H,2-5H2,1H3,(H,13,17). The number of carbonyl (C=O) groups is 2. The summed E-state index contributed by atoms with van der Waals surface area (Å²) in [6, 6.07) is 0. The molecule has 96 valence electrons. The first-order valence-corrected chi connectivity index (χ1v) is 5.67. The quantitative estimate of drug-likeness (QED) is 0.698. The van der Waals surface area contributed by atoms with Crippen molar-refractivity contribution in [2.75, 3.05) is 26.2 Å². The van der Waals surface area contributed by atoms with E-state index in [-0.39, 0.29) is 23.1 Å². The van der Waals surface area contributed by atoms with Gasteiger partial charge in [0.15, 0.2) is 0 Å². The van der Waals surface area contributed by atoms with Crippen molar-refractivity contribution >= 4 is 11.8 Å². The molecule has 2 heterocycles. The predicted octanol–water partition coefficient (Wildman–Crippen LogP) is -0.926. The summed E-state index contributed by atoms with van der Waals surface area (Å²) in [6.45, 7) is 3.55. The average molecular weight is 250 g/mol. The molecule has 0 unspecified atom stereocenters. The normalized spacial score (nSPS) is 15.6. The highest BCUT2D eigenvalue weighted by molar-refractivity contribution is 5.92. The Kier molecular flexibility index (Phi) is 3.40. The van der Waals surface area contributed by atoms with Crippen LogP contribution in [0.15, 0.2) is 17.2 Å². The molecule has 2 amide bonds. The molecule has 0 aliphatic carbocycles. The first kappa shape index (κ1) is 12.3. The zero-order chi connectivity index (χ0) is 13.1. The first-order valence-electron chi connectivity index (χ1n) is 5.67. The Labute approximate surface area is 103 Å². The van der Waals surface area contributed by atoms with Gasteiger partial charge in [-0.2, -0.15) is 0 Å². The van der Waals surface area contributed by atoms with Crippen molar-refractivity contribution in [3.8, 4) is 0 Å².